The van der Waals surface area contributed by atoms with E-state index in [4.69, 9.17) is 0 Å². The lowest BCUT2D eigenvalue weighted by molar-refractivity contribution is 0.818. The first-order valence-corrected chi connectivity index (χ1v) is 1.24. The summed E-state index contributed by atoms with van der Waals surface area (Å²) in [6.07, 6.45) is 0. The van der Waals surface area contributed by atoms with E-state index in [1.165, 1.54) is 0 Å². The Morgan fingerprint density at radius 2 is 2.20 bits per heavy atom. The molecule has 0 radical (unpaired) electrons. The van der Waals surface area contributed by atoms with Gasteiger partial charge in [-0.05, 0) is 11.6 Å². The molecule has 0 rings (SSSR count). The molecule has 0 aromatic heterocycles. The average Bonchev–Trinajstić information content (AvgIpc) is 1.38. The van der Waals surface area contributed by atoms with Crippen LogP contribution in [0.15, 0.2) is 5.10 Å². The molecule has 0 atom stereocenters. The van der Waals surface area contributed by atoms with Crippen LogP contribution in [0.2, 0.25) is 0 Å². The van der Waals surface area contributed by atoms with Gasteiger partial charge in [0.25, 0.3) is 5.42 Å². The van der Waals surface area contributed by atoms with Gasteiger partial charge in [-0.25, -0.2) is 0 Å². The smallest absolute Gasteiger partial charge is 0.298 e. The van der Waals surface area contributed by atoms with Gasteiger partial charge in [-0.1, -0.05) is 0 Å². The molecular formula is CH2ClFN2. The number of nitrogens with zero attached hydrogens (tertiary/aromatic N) is 1. The van der Waals surface area contributed by atoms with Gasteiger partial charge in [0.1, 0.15) is 0 Å². The summed E-state index contributed by atoms with van der Waals surface area (Å²) < 4.78 is 10.8. The number of halogens is 2. The third-order valence-electron chi connectivity index (χ3n) is 0.0976. The highest BCUT2D eigenvalue weighted by molar-refractivity contribution is 6.62. The maximum atomic E-state index is 10.8. The summed E-state index contributed by atoms with van der Waals surface area (Å²) in [5.41, 5.74) is -1.12. The summed E-state index contributed by atoms with van der Waals surface area (Å²) >= 11 is 4.42. The predicted molar refractivity (Wildman–Crippen MR) is 18.6 cm³/mol. The summed E-state index contributed by atoms with van der Waals surface area (Å²) in [4.78, 5) is 0. The van der Waals surface area contributed by atoms with Gasteiger partial charge in [0.15, 0.2) is 0 Å². The Kier molecular flexibility index (Phi) is 1.84. The molecule has 5 heavy (non-hydrogen) atoms. The van der Waals surface area contributed by atoms with Crippen molar-refractivity contribution in [3.8, 4) is 0 Å². The molecule has 0 unspecified atom stereocenters. The molecule has 0 aliphatic heterocycles. The molecular weight excluding hydrogens is 94.5 g/mol. The van der Waals surface area contributed by atoms with Crippen LogP contribution in [0, 0.1) is 0 Å². The normalized spacial score (nSPS) is 12.0. The van der Waals surface area contributed by atoms with Crippen molar-refractivity contribution in [3.63, 3.8) is 0 Å². The van der Waals surface area contributed by atoms with Gasteiger partial charge in [-0.3, -0.25) is 0 Å². The summed E-state index contributed by atoms with van der Waals surface area (Å²) in [6.45, 7) is 0. The van der Waals surface area contributed by atoms with Crippen molar-refractivity contribution >= 4 is 17.0 Å². The summed E-state index contributed by atoms with van der Waals surface area (Å²) in [5.74, 6) is 4.25. The zero-order valence-electron chi connectivity index (χ0n) is 2.28. The lowest BCUT2D eigenvalue weighted by Gasteiger charge is -1.65. The Morgan fingerprint density at radius 3 is 2.20 bits per heavy atom. The van der Waals surface area contributed by atoms with Crippen molar-refractivity contribution in [1.82, 2.24) is 0 Å². The number of rotatable bonds is 0. The van der Waals surface area contributed by atoms with Crippen molar-refractivity contribution in [2.24, 2.45) is 10.9 Å². The van der Waals surface area contributed by atoms with E-state index in [1.54, 1.807) is 0 Å². The molecule has 2 N–H and O–H groups in total. The van der Waals surface area contributed by atoms with Crippen LogP contribution in [0.25, 0.3) is 0 Å². The molecule has 30 valence electrons. The van der Waals surface area contributed by atoms with Gasteiger partial charge < -0.3 is 5.84 Å². The molecule has 0 amide bonds. The summed E-state index contributed by atoms with van der Waals surface area (Å²) in [5, 5.41) is 2.40. The quantitative estimate of drug-likeness (QED) is 0.265. The predicted octanol–water partition coefficient (Wildman–Crippen LogP) is 0.424. The van der Waals surface area contributed by atoms with E-state index in [-0.39, 0.29) is 0 Å². The fourth-order valence-corrected chi connectivity index (χ4v) is 0. The summed E-state index contributed by atoms with van der Waals surface area (Å²) in [6, 6.07) is 0. The van der Waals surface area contributed by atoms with Crippen LogP contribution in [0.3, 0.4) is 0 Å². The molecule has 0 saturated heterocycles. The lowest BCUT2D eigenvalue weighted by atomic mass is 11.6. The number of nitrogens with two attached hydrogens (primary N) is 1. The van der Waals surface area contributed by atoms with Crippen molar-refractivity contribution in [1.29, 1.82) is 0 Å². The minimum absolute atomic E-state index is 1.12. The minimum atomic E-state index is -1.12. The Morgan fingerprint density at radius 1 is 2.00 bits per heavy atom. The van der Waals surface area contributed by atoms with Crippen LogP contribution >= 0.6 is 11.6 Å². The lowest BCUT2D eigenvalue weighted by Crippen LogP contribution is -1.81. The van der Waals surface area contributed by atoms with Crippen LogP contribution in [-0.4, -0.2) is 5.42 Å². The molecule has 2 nitrogen and oxygen atoms in total. The van der Waals surface area contributed by atoms with Crippen LogP contribution < -0.4 is 5.84 Å². The Hall–Kier alpha value is -0.310. The number of hydrogen-bond acceptors (Lipinski definition) is 2. The van der Waals surface area contributed by atoms with E-state index < -0.39 is 5.42 Å². The van der Waals surface area contributed by atoms with Gasteiger partial charge in [0.2, 0.25) is 0 Å². The molecule has 4 heteroatoms. The molecule has 0 heterocycles. The first kappa shape index (κ1) is 4.69. The van der Waals surface area contributed by atoms with E-state index in [1.807, 2.05) is 0 Å². The number of hydrogen-bond donors (Lipinski definition) is 1. The van der Waals surface area contributed by atoms with Gasteiger partial charge in [-0.15, -0.1) is 5.10 Å². The zero-order valence-corrected chi connectivity index (χ0v) is 3.04. The maximum absolute atomic E-state index is 10.8. The SMILES string of the molecule is N/N=C(/F)Cl. The fourth-order valence-electron chi connectivity index (χ4n) is 0. The minimum Gasteiger partial charge on any atom is -0.320 e. The van der Waals surface area contributed by atoms with Crippen LogP contribution in [0.4, 0.5) is 4.39 Å². The second-order valence-electron chi connectivity index (χ2n) is 0.370. The highest BCUT2D eigenvalue weighted by Gasteiger charge is 1.74. The van der Waals surface area contributed by atoms with Gasteiger partial charge in [0.05, 0.1) is 0 Å². The van der Waals surface area contributed by atoms with E-state index in [2.05, 4.69) is 22.5 Å². The van der Waals surface area contributed by atoms with Crippen molar-refractivity contribution in [3.05, 3.63) is 0 Å². The van der Waals surface area contributed by atoms with Gasteiger partial charge >= 0.3 is 0 Å². The Bertz CT molecular complexity index is 47.6. The highest BCUT2D eigenvalue weighted by Crippen LogP contribution is 1.78. The van der Waals surface area contributed by atoms with E-state index >= 15 is 0 Å². The monoisotopic (exact) mass is 96.0 g/mol. The van der Waals surface area contributed by atoms with Crippen LogP contribution in [0.1, 0.15) is 0 Å². The maximum Gasteiger partial charge on any atom is 0.298 e. The molecule has 0 aromatic rings. The molecule has 0 aliphatic rings. The van der Waals surface area contributed by atoms with E-state index in [0.717, 1.165) is 0 Å². The van der Waals surface area contributed by atoms with E-state index in [9.17, 15) is 4.39 Å². The largest absolute Gasteiger partial charge is 0.320 e. The van der Waals surface area contributed by atoms with Gasteiger partial charge in [-0.2, -0.15) is 4.39 Å². The Labute approximate surface area is 33.4 Å². The Balaban J connectivity index is 3.14. The molecule has 0 fully saturated rings. The standard InChI is InChI=1S/CH2ClFN2/c2-1(3)5-4/h4H2/b5-1+. The van der Waals surface area contributed by atoms with Crippen molar-refractivity contribution in [2.75, 3.05) is 0 Å². The molecule has 0 bridgehead atoms. The van der Waals surface area contributed by atoms with E-state index in [0.29, 0.717) is 0 Å². The van der Waals surface area contributed by atoms with Crippen molar-refractivity contribution < 1.29 is 4.39 Å². The number of hydrazone groups is 1. The summed E-state index contributed by atoms with van der Waals surface area (Å²) in [7, 11) is 0. The average molecular weight is 96.5 g/mol. The second-order valence-corrected chi connectivity index (χ2v) is 0.681. The van der Waals surface area contributed by atoms with Crippen LogP contribution in [0.5, 0.6) is 0 Å². The first-order chi connectivity index (χ1) is 2.27. The molecule has 0 aliphatic carbocycles. The van der Waals surface area contributed by atoms with Crippen molar-refractivity contribution in [2.45, 2.75) is 0 Å². The third-order valence-corrected chi connectivity index (χ3v) is 0.195. The zero-order chi connectivity index (χ0) is 4.28. The van der Waals surface area contributed by atoms with Crippen LogP contribution in [-0.2, 0) is 0 Å². The topological polar surface area (TPSA) is 38.4 Å². The first-order valence-electron chi connectivity index (χ1n) is 0.860. The molecule has 0 spiro atoms. The fraction of sp³-hybridized carbons (Fsp3) is 0. The highest BCUT2D eigenvalue weighted by atomic mass is 35.5. The second kappa shape index (κ2) is 1.96. The molecule has 0 saturated carbocycles. The van der Waals surface area contributed by atoms with Gasteiger partial charge in [0, 0.05) is 0 Å². The third kappa shape index (κ3) is 3.69. The molecule has 0 aromatic carbocycles.